The van der Waals surface area contributed by atoms with Gasteiger partial charge < -0.3 is 0 Å². The monoisotopic (exact) mass is 352 g/mol. The molecule has 0 aromatic heterocycles. The summed E-state index contributed by atoms with van der Waals surface area (Å²) in [4.78, 5) is 0. The quantitative estimate of drug-likeness (QED) is 0.484. The highest BCUT2D eigenvalue weighted by Crippen LogP contribution is 2.34. The number of hydrogen-bond donors (Lipinski definition) is 0. The summed E-state index contributed by atoms with van der Waals surface area (Å²) in [5, 5.41) is 0. The Hall–Kier alpha value is -2.76. The van der Waals surface area contributed by atoms with Gasteiger partial charge in [0.25, 0.3) is 0 Å². The number of hydrogen-bond acceptors (Lipinski definition) is 0. The van der Waals surface area contributed by atoms with Crippen LogP contribution < -0.4 is 0 Å². The third kappa shape index (κ3) is 2.99. The molecule has 0 nitrogen and oxygen atoms in total. The summed E-state index contributed by atoms with van der Waals surface area (Å²) in [6.45, 7) is 1.19. The predicted molar refractivity (Wildman–Crippen MR) is 81.8 cm³/mol. The summed E-state index contributed by atoms with van der Waals surface area (Å²) in [7, 11) is 0. The van der Waals surface area contributed by atoms with Gasteiger partial charge in [0.15, 0.2) is 0 Å². The molecule has 0 spiro atoms. The third-order valence-corrected chi connectivity index (χ3v) is 3.86. The van der Waals surface area contributed by atoms with Crippen LogP contribution in [0.1, 0.15) is 5.56 Å². The summed E-state index contributed by atoms with van der Waals surface area (Å²) in [5.41, 5.74) is -2.26. The summed E-state index contributed by atoms with van der Waals surface area (Å²) in [6, 6.07) is 6.05. The molecule has 0 unspecified atom stereocenters. The van der Waals surface area contributed by atoms with Crippen molar-refractivity contribution in [1.29, 1.82) is 0 Å². The minimum Gasteiger partial charge on any atom is -0.207 e. The van der Waals surface area contributed by atoms with E-state index in [-0.39, 0.29) is 16.7 Å². The molecule has 0 fully saturated rings. The van der Waals surface area contributed by atoms with Gasteiger partial charge in [-0.05, 0) is 54.4 Å². The molecule has 25 heavy (non-hydrogen) atoms. The van der Waals surface area contributed by atoms with E-state index in [1.54, 1.807) is 0 Å². The Morgan fingerprint density at radius 3 is 1.32 bits per heavy atom. The maximum Gasteiger partial charge on any atom is 0.134 e. The minimum atomic E-state index is -1.19. The van der Waals surface area contributed by atoms with Gasteiger partial charge in [0.1, 0.15) is 34.9 Å². The van der Waals surface area contributed by atoms with Gasteiger partial charge in [0.05, 0.1) is 11.1 Å². The molecule has 128 valence electrons. The van der Waals surface area contributed by atoms with Crippen molar-refractivity contribution in [2.24, 2.45) is 0 Å². The van der Waals surface area contributed by atoms with E-state index in [2.05, 4.69) is 0 Å². The van der Waals surface area contributed by atoms with E-state index >= 15 is 0 Å². The molecule has 0 N–H and O–H groups in total. The van der Waals surface area contributed by atoms with Gasteiger partial charge in [-0.3, -0.25) is 0 Å². The van der Waals surface area contributed by atoms with E-state index in [4.69, 9.17) is 0 Å². The second-order valence-electron chi connectivity index (χ2n) is 5.48. The topological polar surface area (TPSA) is 0 Å². The van der Waals surface area contributed by atoms with Crippen LogP contribution in [0, 0.1) is 41.8 Å². The predicted octanol–water partition coefficient (Wildman–Crippen LogP) is 6.16. The highest BCUT2D eigenvalue weighted by molar-refractivity contribution is 5.72. The molecule has 0 aliphatic carbocycles. The summed E-state index contributed by atoms with van der Waals surface area (Å²) >= 11 is 0. The van der Waals surface area contributed by atoms with Crippen LogP contribution in [0.2, 0.25) is 0 Å². The van der Waals surface area contributed by atoms with E-state index in [1.165, 1.54) is 6.92 Å². The van der Waals surface area contributed by atoms with Crippen molar-refractivity contribution in [2.75, 3.05) is 0 Å². The lowest BCUT2D eigenvalue weighted by Crippen LogP contribution is -1.98. The SMILES string of the molecule is Cc1c(F)cc(-c2c(F)cc(-c3c(F)cccc3F)cc2F)cc1F. The van der Waals surface area contributed by atoms with E-state index in [0.29, 0.717) is 0 Å². The molecule has 0 saturated carbocycles. The molecule has 0 aliphatic rings. The molecule has 0 bridgehead atoms. The summed E-state index contributed by atoms with van der Waals surface area (Å²) in [5.74, 6) is -6.28. The van der Waals surface area contributed by atoms with Crippen LogP contribution in [-0.2, 0) is 0 Å². The van der Waals surface area contributed by atoms with Gasteiger partial charge in [-0.2, -0.15) is 0 Å². The van der Waals surface area contributed by atoms with E-state index in [0.717, 1.165) is 42.5 Å². The molecule has 6 heteroatoms. The zero-order valence-corrected chi connectivity index (χ0v) is 12.8. The van der Waals surface area contributed by atoms with Crippen molar-refractivity contribution in [3.05, 3.63) is 82.9 Å². The molecular formula is C19H10F6. The Morgan fingerprint density at radius 2 is 0.880 bits per heavy atom. The van der Waals surface area contributed by atoms with Crippen LogP contribution in [0.15, 0.2) is 42.5 Å². The fraction of sp³-hybridized carbons (Fsp3) is 0.0526. The van der Waals surface area contributed by atoms with E-state index in [9.17, 15) is 26.3 Å². The van der Waals surface area contributed by atoms with Crippen LogP contribution >= 0.6 is 0 Å². The smallest absolute Gasteiger partial charge is 0.134 e. The Kier molecular flexibility index (Phi) is 4.29. The zero-order chi connectivity index (χ0) is 18.3. The van der Waals surface area contributed by atoms with Crippen LogP contribution in [0.25, 0.3) is 22.3 Å². The molecule has 0 atom stereocenters. The van der Waals surface area contributed by atoms with E-state index < -0.39 is 46.0 Å². The average Bonchev–Trinajstić information content (AvgIpc) is 2.51. The van der Waals surface area contributed by atoms with Crippen molar-refractivity contribution in [3.8, 4) is 22.3 Å². The van der Waals surface area contributed by atoms with Crippen molar-refractivity contribution < 1.29 is 26.3 Å². The third-order valence-electron chi connectivity index (χ3n) is 3.86. The van der Waals surface area contributed by atoms with Gasteiger partial charge in [-0.25, -0.2) is 26.3 Å². The highest BCUT2D eigenvalue weighted by Gasteiger charge is 2.19. The first-order valence-electron chi connectivity index (χ1n) is 7.19. The average molecular weight is 352 g/mol. The van der Waals surface area contributed by atoms with Crippen LogP contribution in [0.5, 0.6) is 0 Å². The Labute approximate surface area is 139 Å². The maximum absolute atomic E-state index is 14.4. The molecule has 3 rings (SSSR count). The zero-order valence-electron chi connectivity index (χ0n) is 12.8. The van der Waals surface area contributed by atoms with Gasteiger partial charge in [-0.1, -0.05) is 6.07 Å². The Bertz CT molecular complexity index is 911. The van der Waals surface area contributed by atoms with Gasteiger partial charge in [-0.15, -0.1) is 0 Å². The first-order valence-corrected chi connectivity index (χ1v) is 7.19. The fourth-order valence-corrected chi connectivity index (χ4v) is 2.56. The standard InChI is InChI=1S/C19H10F6/c1-9-14(22)5-10(6-15(9)23)19-16(24)7-11(8-17(19)25)18-12(20)3-2-4-13(18)21/h2-8H,1H3. The van der Waals surface area contributed by atoms with Crippen LogP contribution in [0.4, 0.5) is 26.3 Å². The molecular weight excluding hydrogens is 342 g/mol. The largest absolute Gasteiger partial charge is 0.207 e. The van der Waals surface area contributed by atoms with Crippen molar-refractivity contribution in [2.45, 2.75) is 6.92 Å². The Morgan fingerprint density at radius 1 is 0.520 bits per heavy atom. The Balaban J connectivity index is 2.20. The fourth-order valence-electron chi connectivity index (χ4n) is 2.56. The normalized spacial score (nSPS) is 11.0. The molecule has 3 aromatic rings. The van der Waals surface area contributed by atoms with E-state index in [1.807, 2.05) is 0 Å². The molecule has 0 radical (unpaired) electrons. The highest BCUT2D eigenvalue weighted by atomic mass is 19.2. The molecule has 0 amide bonds. The van der Waals surface area contributed by atoms with Crippen molar-refractivity contribution >= 4 is 0 Å². The van der Waals surface area contributed by atoms with Crippen LogP contribution in [0.3, 0.4) is 0 Å². The van der Waals surface area contributed by atoms with Crippen molar-refractivity contribution in [1.82, 2.24) is 0 Å². The second kappa shape index (κ2) is 6.27. The summed E-state index contributed by atoms with van der Waals surface area (Å²) < 4.78 is 83.6. The summed E-state index contributed by atoms with van der Waals surface area (Å²) in [6.07, 6.45) is 0. The lowest BCUT2D eigenvalue weighted by Gasteiger charge is -2.11. The number of halogens is 6. The van der Waals surface area contributed by atoms with Gasteiger partial charge >= 0.3 is 0 Å². The lowest BCUT2D eigenvalue weighted by atomic mass is 9.97. The van der Waals surface area contributed by atoms with Crippen LogP contribution in [-0.4, -0.2) is 0 Å². The first-order chi connectivity index (χ1) is 11.8. The number of rotatable bonds is 2. The van der Waals surface area contributed by atoms with Crippen molar-refractivity contribution in [3.63, 3.8) is 0 Å². The van der Waals surface area contributed by atoms with Gasteiger partial charge in [0, 0.05) is 5.56 Å². The van der Waals surface area contributed by atoms with Gasteiger partial charge in [0.2, 0.25) is 0 Å². The minimum absolute atomic E-state index is 0.283. The molecule has 3 aromatic carbocycles. The second-order valence-corrected chi connectivity index (χ2v) is 5.48. The lowest BCUT2D eigenvalue weighted by molar-refractivity contribution is 0.566. The first kappa shape index (κ1) is 17.1. The molecule has 0 saturated heterocycles. The molecule has 0 aliphatic heterocycles. The number of benzene rings is 3. The molecule has 0 heterocycles. The maximum atomic E-state index is 14.4.